The topological polar surface area (TPSA) is 79.7 Å². The summed E-state index contributed by atoms with van der Waals surface area (Å²) in [6, 6.07) is 6.89. The molecule has 1 heterocycles. The first-order valence-electron chi connectivity index (χ1n) is 6.91. The number of hydrogen-bond donors (Lipinski definition) is 1. The van der Waals surface area contributed by atoms with Crippen molar-refractivity contribution in [3.05, 3.63) is 55.1 Å². The monoisotopic (exact) mass is 380 g/mol. The second kappa shape index (κ2) is 7.28. The maximum Gasteiger partial charge on any atom is 0.329 e. The molecule has 0 aliphatic carbocycles. The number of anilines is 1. The van der Waals surface area contributed by atoms with Gasteiger partial charge in [-0.1, -0.05) is 15.9 Å². The number of aromatic amines is 1. The molecule has 0 spiro atoms. The van der Waals surface area contributed by atoms with Crippen molar-refractivity contribution in [2.24, 2.45) is 12.1 Å². The first kappa shape index (κ1) is 17.0. The number of hydrazone groups is 1. The van der Waals surface area contributed by atoms with Gasteiger partial charge in [-0.15, -0.1) is 0 Å². The fraction of sp³-hybridized carbons (Fsp3) is 0.267. The lowest BCUT2D eigenvalue weighted by Crippen LogP contribution is -2.34. The van der Waals surface area contributed by atoms with Crippen molar-refractivity contribution < 1.29 is 4.74 Å². The van der Waals surface area contributed by atoms with Crippen LogP contribution in [0, 0.1) is 0 Å². The molecule has 7 nitrogen and oxygen atoms in total. The van der Waals surface area contributed by atoms with Crippen molar-refractivity contribution in [1.29, 1.82) is 0 Å². The summed E-state index contributed by atoms with van der Waals surface area (Å²) in [7, 11) is 2.99. The van der Waals surface area contributed by atoms with Crippen LogP contribution < -0.4 is 21.0 Å². The molecule has 122 valence electrons. The Balaban J connectivity index is 2.38. The minimum Gasteiger partial charge on any atom is -0.496 e. The van der Waals surface area contributed by atoms with E-state index in [0.29, 0.717) is 18.1 Å². The average molecular weight is 381 g/mol. The summed E-state index contributed by atoms with van der Waals surface area (Å²) in [4.78, 5) is 26.1. The van der Waals surface area contributed by atoms with Gasteiger partial charge in [0.05, 0.1) is 13.3 Å². The Morgan fingerprint density at radius 2 is 2.13 bits per heavy atom. The zero-order valence-corrected chi connectivity index (χ0v) is 14.6. The number of aromatic nitrogens is 2. The SMILES string of the molecule is CCN(N=Cc1cc(Br)ccc1OC)c1cc(=O)n(C)c(=O)[nH]1. The Morgan fingerprint density at radius 1 is 1.39 bits per heavy atom. The molecule has 1 aromatic heterocycles. The van der Waals surface area contributed by atoms with Gasteiger partial charge in [0.25, 0.3) is 5.56 Å². The van der Waals surface area contributed by atoms with Crippen molar-refractivity contribution in [2.45, 2.75) is 6.92 Å². The molecule has 0 fully saturated rings. The van der Waals surface area contributed by atoms with Crippen molar-refractivity contribution in [2.75, 3.05) is 18.7 Å². The lowest BCUT2D eigenvalue weighted by atomic mass is 10.2. The second-order valence-electron chi connectivity index (χ2n) is 4.70. The maximum atomic E-state index is 11.7. The van der Waals surface area contributed by atoms with E-state index < -0.39 is 11.2 Å². The van der Waals surface area contributed by atoms with Gasteiger partial charge in [0.1, 0.15) is 11.6 Å². The number of H-pyrrole nitrogens is 1. The van der Waals surface area contributed by atoms with E-state index in [1.807, 2.05) is 25.1 Å². The molecule has 0 bridgehead atoms. The first-order chi connectivity index (χ1) is 11.0. The molecule has 1 aromatic carbocycles. The highest BCUT2D eigenvalue weighted by Gasteiger charge is 2.08. The quantitative estimate of drug-likeness (QED) is 0.632. The van der Waals surface area contributed by atoms with E-state index in [2.05, 4.69) is 26.0 Å². The molecule has 0 radical (unpaired) electrons. The highest BCUT2D eigenvalue weighted by molar-refractivity contribution is 9.10. The maximum absolute atomic E-state index is 11.7. The molecule has 8 heteroatoms. The Bertz CT molecular complexity index is 810. The van der Waals surface area contributed by atoms with Crippen molar-refractivity contribution in [1.82, 2.24) is 9.55 Å². The van der Waals surface area contributed by atoms with E-state index in [1.54, 1.807) is 13.3 Å². The van der Waals surface area contributed by atoms with Crippen LogP contribution in [0.5, 0.6) is 5.75 Å². The van der Waals surface area contributed by atoms with Crippen LogP contribution in [0.3, 0.4) is 0 Å². The van der Waals surface area contributed by atoms with E-state index in [1.165, 1.54) is 18.1 Å². The summed E-state index contributed by atoms with van der Waals surface area (Å²) in [5.41, 5.74) is -0.106. The fourth-order valence-corrected chi connectivity index (χ4v) is 2.31. The minimum atomic E-state index is -0.485. The van der Waals surface area contributed by atoms with E-state index in [0.717, 1.165) is 14.6 Å². The molecule has 2 aromatic rings. The molecule has 0 saturated heterocycles. The molecule has 0 saturated carbocycles. The number of hydrogen-bond acceptors (Lipinski definition) is 5. The smallest absolute Gasteiger partial charge is 0.329 e. The summed E-state index contributed by atoms with van der Waals surface area (Å²) in [6.45, 7) is 2.35. The number of benzene rings is 1. The molecule has 23 heavy (non-hydrogen) atoms. The minimum absolute atomic E-state index is 0.339. The summed E-state index contributed by atoms with van der Waals surface area (Å²) in [5.74, 6) is 1.01. The van der Waals surface area contributed by atoms with Gasteiger partial charge in [-0.25, -0.2) is 9.80 Å². The average Bonchev–Trinajstić information content (AvgIpc) is 2.53. The number of methoxy groups -OCH3 is 1. The Kier molecular flexibility index (Phi) is 5.38. The van der Waals surface area contributed by atoms with Gasteiger partial charge < -0.3 is 4.74 Å². The van der Waals surface area contributed by atoms with Crippen LogP contribution in [0.25, 0.3) is 0 Å². The normalized spacial score (nSPS) is 11.0. The first-order valence-corrected chi connectivity index (χ1v) is 7.71. The van der Waals surface area contributed by atoms with Gasteiger partial charge in [0.2, 0.25) is 0 Å². The number of rotatable bonds is 5. The third-order valence-corrected chi connectivity index (χ3v) is 3.73. The van der Waals surface area contributed by atoms with Crippen molar-refractivity contribution in [3.8, 4) is 5.75 Å². The molecule has 0 amide bonds. The highest BCUT2D eigenvalue weighted by atomic mass is 79.9. The van der Waals surface area contributed by atoms with E-state index in [-0.39, 0.29) is 0 Å². The summed E-state index contributed by atoms with van der Waals surface area (Å²) in [5, 5.41) is 5.86. The standard InChI is InChI=1S/C15H17BrN4O3/c1-4-20(13-8-14(21)19(2)15(22)18-13)17-9-10-7-11(16)5-6-12(10)23-3/h5-9H,4H2,1-3H3,(H,18,22). The van der Waals surface area contributed by atoms with Crippen LogP contribution in [0.15, 0.2) is 43.4 Å². The van der Waals surface area contributed by atoms with Crippen LogP contribution in [0.2, 0.25) is 0 Å². The molecular formula is C15H17BrN4O3. The molecule has 1 N–H and O–H groups in total. The van der Waals surface area contributed by atoms with E-state index in [9.17, 15) is 9.59 Å². The Morgan fingerprint density at radius 3 is 2.74 bits per heavy atom. The summed E-state index contributed by atoms with van der Waals surface area (Å²) in [6.07, 6.45) is 1.61. The molecule has 2 rings (SSSR count). The van der Waals surface area contributed by atoms with Crippen molar-refractivity contribution >= 4 is 28.0 Å². The third-order valence-electron chi connectivity index (χ3n) is 3.24. The predicted molar refractivity (Wildman–Crippen MR) is 93.6 cm³/mol. The lowest BCUT2D eigenvalue weighted by molar-refractivity contribution is 0.414. The van der Waals surface area contributed by atoms with Crippen LogP contribution in [-0.4, -0.2) is 29.4 Å². The molecular weight excluding hydrogens is 364 g/mol. The Hall–Kier alpha value is -2.35. The molecule has 0 atom stereocenters. The zero-order valence-electron chi connectivity index (χ0n) is 13.0. The third kappa shape index (κ3) is 3.89. The van der Waals surface area contributed by atoms with Gasteiger partial charge in [0, 0.05) is 29.7 Å². The number of nitrogens with one attached hydrogen (secondary N) is 1. The lowest BCUT2D eigenvalue weighted by Gasteiger charge is -2.16. The summed E-state index contributed by atoms with van der Waals surface area (Å²) >= 11 is 3.40. The van der Waals surface area contributed by atoms with Gasteiger partial charge in [-0.3, -0.25) is 14.3 Å². The summed E-state index contributed by atoms with van der Waals surface area (Å²) < 4.78 is 7.18. The largest absolute Gasteiger partial charge is 0.496 e. The van der Waals surface area contributed by atoms with E-state index >= 15 is 0 Å². The van der Waals surface area contributed by atoms with Crippen LogP contribution in [0.4, 0.5) is 5.82 Å². The Labute approximate surface area is 141 Å². The van der Waals surface area contributed by atoms with E-state index in [4.69, 9.17) is 4.74 Å². The van der Waals surface area contributed by atoms with Crippen molar-refractivity contribution in [3.63, 3.8) is 0 Å². The van der Waals surface area contributed by atoms with Crippen LogP contribution >= 0.6 is 15.9 Å². The number of nitrogens with zero attached hydrogens (tertiary/aromatic N) is 3. The zero-order chi connectivity index (χ0) is 17.0. The number of halogens is 1. The van der Waals surface area contributed by atoms with Crippen LogP contribution in [-0.2, 0) is 7.05 Å². The van der Waals surface area contributed by atoms with Crippen LogP contribution in [0.1, 0.15) is 12.5 Å². The highest BCUT2D eigenvalue weighted by Crippen LogP contribution is 2.21. The van der Waals surface area contributed by atoms with Gasteiger partial charge >= 0.3 is 5.69 Å². The van der Waals surface area contributed by atoms with Gasteiger partial charge in [0.15, 0.2) is 0 Å². The second-order valence-corrected chi connectivity index (χ2v) is 5.62. The molecule has 0 aliphatic rings. The predicted octanol–water partition coefficient (Wildman–Crippen LogP) is 1.71. The number of ether oxygens (including phenoxy) is 1. The van der Waals surface area contributed by atoms with Gasteiger partial charge in [-0.05, 0) is 25.1 Å². The molecule has 0 aliphatic heterocycles. The fourth-order valence-electron chi connectivity index (χ4n) is 1.93. The van der Waals surface area contributed by atoms with Gasteiger partial charge in [-0.2, -0.15) is 5.10 Å². The molecule has 0 unspecified atom stereocenters.